The third-order valence-corrected chi connectivity index (χ3v) is 3.89. The number of hydrogen-bond acceptors (Lipinski definition) is 5. The number of sulfonamides is 1. The average Bonchev–Trinajstić information content (AvgIpc) is 2.98. The van der Waals surface area contributed by atoms with Gasteiger partial charge < -0.3 is 9.73 Å². The first-order chi connectivity index (χ1) is 9.42. The van der Waals surface area contributed by atoms with Crippen molar-refractivity contribution in [2.75, 3.05) is 11.8 Å². The lowest BCUT2D eigenvalue weighted by molar-refractivity contribution is 0.408. The highest BCUT2D eigenvalue weighted by atomic mass is 32.2. The molecule has 0 fully saturated rings. The summed E-state index contributed by atoms with van der Waals surface area (Å²) in [6, 6.07) is 3.23. The molecule has 0 saturated heterocycles. The normalized spacial score (nSPS) is 12.0. The minimum Gasteiger partial charge on any atom is -0.446 e. The number of rotatable bonds is 6. The average molecular weight is 298 g/mol. The lowest BCUT2D eigenvalue weighted by atomic mass is 10.4. The predicted molar refractivity (Wildman–Crippen MR) is 74.9 cm³/mol. The Hall–Kier alpha value is -1.80. The summed E-state index contributed by atoms with van der Waals surface area (Å²) < 4.78 is 33.7. The molecule has 0 aliphatic rings. The van der Waals surface area contributed by atoms with Crippen molar-refractivity contribution in [3.05, 3.63) is 30.3 Å². The smallest absolute Gasteiger partial charge is 0.295 e. The molecule has 20 heavy (non-hydrogen) atoms. The fraction of sp³-hybridized carbons (Fsp3) is 0.417. The first-order valence-corrected chi connectivity index (χ1v) is 7.71. The molecule has 0 atom stereocenters. The molecule has 0 radical (unpaired) electrons. The van der Waals surface area contributed by atoms with Crippen molar-refractivity contribution in [1.29, 1.82) is 0 Å². The molecule has 0 spiro atoms. The molecule has 2 heterocycles. The third-order valence-electron chi connectivity index (χ3n) is 2.64. The van der Waals surface area contributed by atoms with Crippen LogP contribution >= 0.6 is 0 Å². The van der Waals surface area contributed by atoms with Crippen LogP contribution in [0.25, 0.3) is 0 Å². The summed E-state index contributed by atoms with van der Waals surface area (Å²) in [6.07, 6.45) is 3.11. The molecule has 0 saturated carbocycles. The van der Waals surface area contributed by atoms with Gasteiger partial charge in [-0.2, -0.15) is 13.5 Å². The standard InChI is InChI=1S/C12H18N4O3S/c1-9(2)16-8-10(6-14-16)15-20(17,18)12-5-4-11(19-12)7-13-3/h4-6,8-9,13,15H,7H2,1-3H3. The van der Waals surface area contributed by atoms with E-state index in [1.807, 2.05) is 13.8 Å². The lowest BCUT2D eigenvalue weighted by Gasteiger charge is -2.04. The van der Waals surface area contributed by atoms with Gasteiger partial charge in [0.25, 0.3) is 10.0 Å². The second-order valence-electron chi connectivity index (χ2n) is 4.66. The van der Waals surface area contributed by atoms with Crippen molar-refractivity contribution in [3.8, 4) is 0 Å². The molecular formula is C12H18N4O3S. The molecule has 0 amide bonds. The highest BCUT2D eigenvalue weighted by molar-refractivity contribution is 7.92. The number of nitrogens with one attached hydrogen (secondary N) is 2. The zero-order chi connectivity index (χ0) is 14.8. The summed E-state index contributed by atoms with van der Waals surface area (Å²) in [7, 11) is -1.96. The SMILES string of the molecule is CNCc1ccc(S(=O)(=O)Nc2cnn(C(C)C)c2)o1. The van der Waals surface area contributed by atoms with Gasteiger partial charge in [-0.1, -0.05) is 0 Å². The van der Waals surface area contributed by atoms with Gasteiger partial charge in [0.05, 0.1) is 18.4 Å². The minimum atomic E-state index is -3.72. The van der Waals surface area contributed by atoms with Crippen molar-refractivity contribution in [2.24, 2.45) is 0 Å². The molecule has 2 N–H and O–H groups in total. The van der Waals surface area contributed by atoms with Crippen LogP contribution in [0.15, 0.2) is 34.0 Å². The van der Waals surface area contributed by atoms with Crippen LogP contribution in [0.3, 0.4) is 0 Å². The summed E-state index contributed by atoms with van der Waals surface area (Å²) >= 11 is 0. The van der Waals surface area contributed by atoms with Gasteiger partial charge in [-0.05, 0) is 33.0 Å². The Morgan fingerprint density at radius 1 is 1.40 bits per heavy atom. The van der Waals surface area contributed by atoms with Crippen LogP contribution < -0.4 is 10.0 Å². The van der Waals surface area contributed by atoms with Crippen molar-refractivity contribution in [3.63, 3.8) is 0 Å². The number of furan rings is 1. The summed E-state index contributed by atoms with van der Waals surface area (Å²) in [5.74, 6) is 0.561. The molecule has 110 valence electrons. The summed E-state index contributed by atoms with van der Waals surface area (Å²) in [6.45, 7) is 4.39. The van der Waals surface area contributed by atoms with E-state index in [9.17, 15) is 8.42 Å². The first-order valence-electron chi connectivity index (χ1n) is 6.22. The third kappa shape index (κ3) is 3.20. The zero-order valence-corrected chi connectivity index (χ0v) is 12.4. The maximum atomic E-state index is 12.1. The van der Waals surface area contributed by atoms with E-state index in [4.69, 9.17) is 4.42 Å². The summed E-state index contributed by atoms with van der Waals surface area (Å²) in [5, 5.41) is 6.86. The van der Waals surface area contributed by atoms with Gasteiger partial charge in [0, 0.05) is 12.2 Å². The maximum absolute atomic E-state index is 12.1. The molecule has 2 rings (SSSR count). The zero-order valence-electron chi connectivity index (χ0n) is 11.6. The topological polar surface area (TPSA) is 89.2 Å². The van der Waals surface area contributed by atoms with E-state index in [1.165, 1.54) is 12.3 Å². The molecule has 2 aromatic rings. The fourth-order valence-electron chi connectivity index (χ4n) is 1.65. The molecule has 0 aromatic carbocycles. The molecule has 8 heteroatoms. The molecule has 0 aliphatic heterocycles. The van der Waals surface area contributed by atoms with E-state index in [0.717, 1.165) is 0 Å². The van der Waals surface area contributed by atoms with E-state index in [0.29, 0.717) is 18.0 Å². The van der Waals surface area contributed by atoms with E-state index in [2.05, 4.69) is 15.1 Å². The van der Waals surface area contributed by atoms with Gasteiger partial charge >= 0.3 is 0 Å². The van der Waals surface area contributed by atoms with E-state index in [1.54, 1.807) is 24.0 Å². The number of nitrogens with zero attached hydrogens (tertiary/aromatic N) is 2. The number of anilines is 1. The van der Waals surface area contributed by atoms with Crippen LogP contribution in [-0.4, -0.2) is 25.2 Å². The van der Waals surface area contributed by atoms with E-state index < -0.39 is 10.0 Å². The highest BCUT2D eigenvalue weighted by Gasteiger charge is 2.19. The summed E-state index contributed by atoms with van der Waals surface area (Å²) in [5.41, 5.74) is 0.408. The maximum Gasteiger partial charge on any atom is 0.295 e. The Bertz CT molecular complexity index is 672. The lowest BCUT2D eigenvalue weighted by Crippen LogP contribution is -2.12. The van der Waals surface area contributed by atoms with Gasteiger partial charge in [0.2, 0.25) is 5.09 Å². The minimum absolute atomic E-state index is 0.111. The molecule has 0 unspecified atom stereocenters. The summed E-state index contributed by atoms with van der Waals surface area (Å²) in [4.78, 5) is 0. The van der Waals surface area contributed by atoms with Gasteiger partial charge in [-0.3, -0.25) is 9.40 Å². The van der Waals surface area contributed by atoms with Crippen LogP contribution in [0, 0.1) is 0 Å². The molecule has 2 aromatic heterocycles. The van der Waals surface area contributed by atoms with Gasteiger partial charge in [0.1, 0.15) is 5.76 Å². The Morgan fingerprint density at radius 2 is 2.15 bits per heavy atom. The van der Waals surface area contributed by atoms with Crippen LogP contribution in [0.2, 0.25) is 0 Å². The van der Waals surface area contributed by atoms with Gasteiger partial charge in [-0.25, -0.2) is 0 Å². The Balaban J connectivity index is 2.16. The second kappa shape index (κ2) is 5.68. The van der Waals surface area contributed by atoms with Crippen molar-refractivity contribution in [2.45, 2.75) is 31.5 Å². The van der Waals surface area contributed by atoms with Crippen LogP contribution in [0.1, 0.15) is 25.6 Å². The first kappa shape index (κ1) is 14.6. The highest BCUT2D eigenvalue weighted by Crippen LogP contribution is 2.19. The van der Waals surface area contributed by atoms with Crippen LogP contribution in [-0.2, 0) is 16.6 Å². The van der Waals surface area contributed by atoms with Crippen LogP contribution in [0.4, 0.5) is 5.69 Å². The van der Waals surface area contributed by atoms with Crippen molar-refractivity contribution >= 4 is 15.7 Å². The molecule has 0 bridgehead atoms. The molecule has 0 aliphatic carbocycles. The van der Waals surface area contributed by atoms with E-state index >= 15 is 0 Å². The molecule has 7 nitrogen and oxygen atoms in total. The quantitative estimate of drug-likeness (QED) is 0.845. The monoisotopic (exact) mass is 298 g/mol. The van der Waals surface area contributed by atoms with Gasteiger partial charge in [0.15, 0.2) is 0 Å². The number of aromatic nitrogens is 2. The fourth-order valence-corrected chi connectivity index (χ4v) is 2.63. The largest absolute Gasteiger partial charge is 0.446 e. The molecular weight excluding hydrogens is 280 g/mol. The Morgan fingerprint density at radius 3 is 2.75 bits per heavy atom. The van der Waals surface area contributed by atoms with Gasteiger partial charge in [-0.15, -0.1) is 0 Å². The van der Waals surface area contributed by atoms with Crippen molar-refractivity contribution < 1.29 is 12.8 Å². The van der Waals surface area contributed by atoms with E-state index in [-0.39, 0.29) is 11.1 Å². The predicted octanol–water partition coefficient (Wildman–Crippen LogP) is 1.58. The number of hydrogen-bond donors (Lipinski definition) is 2. The van der Waals surface area contributed by atoms with Crippen LogP contribution in [0.5, 0.6) is 0 Å². The second-order valence-corrected chi connectivity index (χ2v) is 6.27. The Kier molecular flexibility index (Phi) is 4.15. The Labute approximate surface area is 118 Å². The van der Waals surface area contributed by atoms with Crippen molar-refractivity contribution in [1.82, 2.24) is 15.1 Å².